The molecule has 0 spiro atoms. The van der Waals surface area contributed by atoms with Gasteiger partial charge in [-0.15, -0.1) is 0 Å². The average molecular weight is 352 g/mol. The summed E-state index contributed by atoms with van der Waals surface area (Å²) < 4.78 is 5.80. The first kappa shape index (κ1) is 19.7. The lowest BCUT2D eigenvalue weighted by atomic mass is 10.2. The van der Waals surface area contributed by atoms with Gasteiger partial charge in [-0.3, -0.25) is 9.69 Å². The molecule has 2 rings (SSSR count). The fourth-order valence-corrected chi connectivity index (χ4v) is 2.91. The molecule has 138 valence electrons. The summed E-state index contributed by atoms with van der Waals surface area (Å²) in [5, 5.41) is 3.02. The third-order valence-electron chi connectivity index (χ3n) is 4.40. The summed E-state index contributed by atoms with van der Waals surface area (Å²) in [6.45, 7) is 9.37. The first-order valence-electron chi connectivity index (χ1n) is 8.94. The second-order valence-corrected chi connectivity index (χ2v) is 6.36. The summed E-state index contributed by atoms with van der Waals surface area (Å²) >= 11 is 0. The number of ether oxygens (including phenoxy) is 1. The fraction of sp³-hybridized carbons (Fsp3) is 0.318. The third kappa shape index (κ3) is 6.05. The molecule has 0 bridgehead atoms. The molecule has 4 nitrogen and oxygen atoms in total. The Bertz CT molecular complexity index is 674. The van der Waals surface area contributed by atoms with Crippen molar-refractivity contribution in [3.63, 3.8) is 0 Å². The first-order valence-corrected chi connectivity index (χ1v) is 8.94. The van der Waals surface area contributed by atoms with Crippen molar-refractivity contribution in [3.8, 4) is 5.75 Å². The summed E-state index contributed by atoms with van der Waals surface area (Å²) in [5.41, 5.74) is 2.07. The van der Waals surface area contributed by atoms with Gasteiger partial charge in [-0.2, -0.15) is 0 Å². The molecule has 1 unspecified atom stereocenters. The van der Waals surface area contributed by atoms with Gasteiger partial charge in [0.25, 0.3) is 0 Å². The Kier molecular flexibility index (Phi) is 7.90. The van der Waals surface area contributed by atoms with Crippen LogP contribution in [0.1, 0.15) is 18.4 Å². The van der Waals surface area contributed by atoms with Crippen LogP contribution in [0.15, 0.2) is 73.4 Å². The fourth-order valence-electron chi connectivity index (χ4n) is 2.91. The van der Waals surface area contributed by atoms with Gasteiger partial charge in [-0.1, -0.05) is 55.7 Å². The lowest BCUT2D eigenvalue weighted by molar-refractivity contribution is -0.125. The highest BCUT2D eigenvalue weighted by atomic mass is 16.5. The summed E-state index contributed by atoms with van der Waals surface area (Å²) in [7, 11) is 2.00. The van der Waals surface area contributed by atoms with Crippen molar-refractivity contribution in [3.05, 3.63) is 78.9 Å². The molecule has 26 heavy (non-hydrogen) atoms. The van der Waals surface area contributed by atoms with Gasteiger partial charge >= 0.3 is 0 Å². The highest BCUT2D eigenvalue weighted by Crippen LogP contribution is 2.16. The highest BCUT2D eigenvalue weighted by Gasteiger charge is 2.27. The van der Waals surface area contributed by atoms with Crippen molar-refractivity contribution in [2.24, 2.45) is 0 Å². The Morgan fingerprint density at radius 1 is 1.31 bits per heavy atom. The molecule has 4 heteroatoms. The van der Waals surface area contributed by atoms with Crippen LogP contribution in [0.5, 0.6) is 5.75 Å². The van der Waals surface area contributed by atoms with Crippen LogP contribution >= 0.6 is 0 Å². The van der Waals surface area contributed by atoms with Gasteiger partial charge in [0.05, 0.1) is 6.04 Å². The van der Waals surface area contributed by atoms with E-state index in [1.807, 2.05) is 49.5 Å². The van der Waals surface area contributed by atoms with E-state index in [2.05, 4.69) is 23.4 Å². The number of nitrogens with zero attached hydrogens (tertiary/aromatic N) is 1. The van der Waals surface area contributed by atoms with Gasteiger partial charge < -0.3 is 10.1 Å². The largest absolute Gasteiger partial charge is 0.489 e. The quantitative estimate of drug-likeness (QED) is 0.690. The second kappa shape index (κ2) is 10.4. The summed E-state index contributed by atoms with van der Waals surface area (Å²) in [6.07, 6.45) is 11.2. The molecule has 1 heterocycles. The summed E-state index contributed by atoms with van der Waals surface area (Å²) in [5.74, 6) is 0.899. The number of carbonyl (C=O) groups excluding carboxylic acids is 1. The monoisotopic (exact) mass is 352 g/mol. The van der Waals surface area contributed by atoms with Crippen LogP contribution in [-0.4, -0.2) is 37.0 Å². The molecule has 1 aliphatic rings. The molecule has 1 atom stereocenters. The maximum absolute atomic E-state index is 12.2. The number of likely N-dealkylation sites (tertiary alicyclic amines) is 1. The predicted molar refractivity (Wildman–Crippen MR) is 107 cm³/mol. The van der Waals surface area contributed by atoms with Gasteiger partial charge in [0, 0.05) is 6.54 Å². The Balaban J connectivity index is 1.83. The summed E-state index contributed by atoms with van der Waals surface area (Å²) in [6, 6.07) is 7.81. The standard InChI is InChI=1S/C22H28N2O2/c1-4-6-9-19(8-5-2)17-26-20-13-11-18(12-14-20)16-23-22(25)21-10-7-15-24(21)3/h4-6,8-9,11-14,21H,1-2,7,10,15-17H2,3H3,(H,23,25)/b9-6-,19-8+. The van der Waals surface area contributed by atoms with E-state index in [0.717, 1.165) is 36.3 Å². The predicted octanol–water partition coefficient (Wildman–Crippen LogP) is 3.63. The molecule has 0 aliphatic carbocycles. The molecule has 1 N–H and O–H groups in total. The van der Waals surface area contributed by atoms with E-state index in [1.54, 1.807) is 12.2 Å². The van der Waals surface area contributed by atoms with Crippen LogP contribution in [0.2, 0.25) is 0 Å². The molecule has 0 radical (unpaired) electrons. The number of allylic oxidation sites excluding steroid dienone is 4. The smallest absolute Gasteiger partial charge is 0.237 e. The Labute approximate surface area is 156 Å². The van der Waals surface area contributed by atoms with E-state index >= 15 is 0 Å². The number of likely N-dealkylation sites (N-methyl/N-ethyl adjacent to an activating group) is 1. The number of hydrogen-bond acceptors (Lipinski definition) is 3. The second-order valence-electron chi connectivity index (χ2n) is 6.36. The van der Waals surface area contributed by atoms with Crippen molar-refractivity contribution in [2.75, 3.05) is 20.2 Å². The zero-order valence-electron chi connectivity index (χ0n) is 15.5. The van der Waals surface area contributed by atoms with E-state index < -0.39 is 0 Å². The first-order chi connectivity index (χ1) is 12.6. The van der Waals surface area contributed by atoms with Gasteiger partial charge in [0.15, 0.2) is 0 Å². The van der Waals surface area contributed by atoms with Gasteiger partial charge in [0.2, 0.25) is 5.91 Å². The van der Waals surface area contributed by atoms with E-state index in [0.29, 0.717) is 13.2 Å². The van der Waals surface area contributed by atoms with E-state index in [4.69, 9.17) is 4.74 Å². The highest BCUT2D eigenvalue weighted by molar-refractivity contribution is 5.81. The van der Waals surface area contributed by atoms with E-state index in [1.165, 1.54) is 0 Å². The summed E-state index contributed by atoms with van der Waals surface area (Å²) in [4.78, 5) is 14.3. The van der Waals surface area contributed by atoms with Crippen LogP contribution in [0.25, 0.3) is 0 Å². The molecular weight excluding hydrogens is 324 g/mol. The molecule has 1 aromatic rings. The lowest BCUT2D eigenvalue weighted by Gasteiger charge is -2.18. The molecule has 1 aliphatic heterocycles. The molecule has 0 aromatic heterocycles. The Hall–Kier alpha value is -2.59. The van der Waals surface area contributed by atoms with Crippen molar-refractivity contribution in [2.45, 2.75) is 25.4 Å². The number of hydrogen-bond donors (Lipinski definition) is 1. The zero-order chi connectivity index (χ0) is 18.8. The minimum Gasteiger partial charge on any atom is -0.489 e. The minimum absolute atomic E-state index is 0.0105. The average Bonchev–Trinajstić information content (AvgIpc) is 3.09. The molecule has 1 amide bonds. The lowest BCUT2D eigenvalue weighted by Crippen LogP contribution is -2.41. The number of amides is 1. The number of carbonyl (C=O) groups is 1. The van der Waals surface area contributed by atoms with Crippen molar-refractivity contribution < 1.29 is 9.53 Å². The Morgan fingerprint density at radius 2 is 2.08 bits per heavy atom. The van der Waals surface area contributed by atoms with Crippen molar-refractivity contribution >= 4 is 5.91 Å². The Morgan fingerprint density at radius 3 is 2.69 bits per heavy atom. The number of rotatable bonds is 9. The molecular formula is C22H28N2O2. The topological polar surface area (TPSA) is 41.6 Å². The number of benzene rings is 1. The van der Waals surface area contributed by atoms with Crippen molar-refractivity contribution in [1.82, 2.24) is 10.2 Å². The van der Waals surface area contributed by atoms with Crippen LogP contribution in [-0.2, 0) is 11.3 Å². The van der Waals surface area contributed by atoms with Crippen LogP contribution in [0.4, 0.5) is 0 Å². The third-order valence-corrected chi connectivity index (χ3v) is 4.40. The van der Waals surface area contributed by atoms with E-state index in [-0.39, 0.29) is 11.9 Å². The molecule has 1 aromatic carbocycles. The van der Waals surface area contributed by atoms with E-state index in [9.17, 15) is 4.79 Å². The van der Waals surface area contributed by atoms with Crippen molar-refractivity contribution in [1.29, 1.82) is 0 Å². The minimum atomic E-state index is 0.0105. The maximum Gasteiger partial charge on any atom is 0.237 e. The van der Waals surface area contributed by atoms with Gasteiger partial charge in [-0.05, 0) is 49.7 Å². The molecule has 1 fully saturated rings. The van der Waals surface area contributed by atoms with Crippen LogP contribution < -0.4 is 10.1 Å². The molecule has 0 saturated carbocycles. The van der Waals surface area contributed by atoms with Gasteiger partial charge in [0.1, 0.15) is 12.4 Å². The maximum atomic E-state index is 12.2. The van der Waals surface area contributed by atoms with Gasteiger partial charge in [-0.25, -0.2) is 0 Å². The SMILES string of the molecule is C=C/C=C\C(=C/C=C)COc1ccc(CNC(=O)C2CCCN2C)cc1. The zero-order valence-corrected chi connectivity index (χ0v) is 15.5. The molecule has 1 saturated heterocycles. The van der Waals surface area contributed by atoms with Crippen LogP contribution in [0, 0.1) is 0 Å². The number of nitrogens with one attached hydrogen (secondary N) is 1. The normalized spacial score (nSPS) is 18.0. The van der Waals surface area contributed by atoms with Crippen LogP contribution in [0.3, 0.4) is 0 Å².